The molecule has 2 unspecified atom stereocenters. The van der Waals surface area contributed by atoms with Crippen LogP contribution in [0.1, 0.15) is 32.6 Å². The average Bonchev–Trinajstić information content (AvgIpc) is 3.06. The third-order valence-corrected chi connectivity index (χ3v) is 4.92. The van der Waals surface area contributed by atoms with Crippen molar-refractivity contribution in [2.75, 3.05) is 39.9 Å². The van der Waals surface area contributed by atoms with Crippen LogP contribution in [0, 0.1) is 0 Å². The molecule has 23 heavy (non-hydrogen) atoms. The first-order valence-electron chi connectivity index (χ1n) is 8.60. The number of carbonyl (C=O) groups is 2. The number of nitrogens with zero attached hydrogens (tertiary/aromatic N) is 2. The number of piperazine rings is 1. The summed E-state index contributed by atoms with van der Waals surface area (Å²) in [4.78, 5) is 28.4. The summed E-state index contributed by atoms with van der Waals surface area (Å²) in [5, 5.41) is 3.15. The zero-order valence-electron chi connectivity index (χ0n) is 14.3. The van der Waals surface area contributed by atoms with Gasteiger partial charge in [0.05, 0.1) is 12.6 Å². The minimum Gasteiger partial charge on any atom is -0.383 e. The van der Waals surface area contributed by atoms with Crippen molar-refractivity contribution >= 4 is 11.8 Å². The van der Waals surface area contributed by atoms with Gasteiger partial charge in [-0.1, -0.05) is 12.8 Å². The maximum absolute atomic E-state index is 12.3. The molecule has 1 aliphatic carbocycles. The Morgan fingerprint density at radius 3 is 2.39 bits per heavy atom. The molecule has 1 saturated carbocycles. The summed E-state index contributed by atoms with van der Waals surface area (Å²) >= 11 is 0. The third kappa shape index (κ3) is 4.89. The molecule has 1 saturated heterocycles. The van der Waals surface area contributed by atoms with E-state index >= 15 is 0 Å². The average molecular weight is 326 g/mol. The van der Waals surface area contributed by atoms with Gasteiger partial charge in [0.1, 0.15) is 6.04 Å². The van der Waals surface area contributed by atoms with Crippen molar-refractivity contribution in [2.24, 2.45) is 5.73 Å². The van der Waals surface area contributed by atoms with Crippen molar-refractivity contribution < 1.29 is 14.3 Å². The molecule has 0 aromatic heterocycles. The molecule has 0 aromatic rings. The number of hydrogen-bond acceptors (Lipinski definition) is 5. The van der Waals surface area contributed by atoms with Gasteiger partial charge < -0.3 is 20.7 Å². The van der Waals surface area contributed by atoms with Crippen molar-refractivity contribution in [2.45, 2.75) is 50.7 Å². The van der Waals surface area contributed by atoms with Crippen molar-refractivity contribution in [1.29, 1.82) is 0 Å². The van der Waals surface area contributed by atoms with Crippen LogP contribution in [0.15, 0.2) is 0 Å². The lowest BCUT2D eigenvalue weighted by atomic mass is 10.1. The topological polar surface area (TPSA) is 87.9 Å². The molecule has 2 rings (SSSR count). The van der Waals surface area contributed by atoms with Crippen LogP contribution in [0.4, 0.5) is 0 Å². The molecule has 0 radical (unpaired) electrons. The zero-order chi connectivity index (χ0) is 16.8. The SMILES string of the molecule is COCC(N)C(=O)N1CCN(C(C)C(=O)NC2CCCC2)CC1. The first-order valence-corrected chi connectivity index (χ1v) is 8.60. The van der Waals surface area contributed by atoms with Gasteiger partial charge in [0, 0.05) is 39.3 Å². The fraction of sp³-hybridized carbons (Fsp3) is 0.875. The third-order valence-electron chi connectivity index (χ3n) is 4.92. The fourth-order valence-electron chi connectivity index (χ4n) is 3.37. The highest BCUT2D eigenvalue weighted by molar-refractivity contribution is 5.82. The number of carbonyl (C=O) groups excluding carboxylic acids is 2. The quantitative estimate of drug-likeness (QED) is 0.690. The highest BCUT2D eigenvalue weighted by Crippen LogP contribution is 2.18. The second kappa shape index (κ2) is 8.61. The van der Waals surface area contributed by atoms with E-state index in [4.69, 9.17) is 10.5 Å². The van der Waals surface area contributed by atoms with Gasteiger partial charge in [-0.3, -0.25) is 14.5 Å². The van der Waals surface area contributed by atoms with Crippen molar-refractivity contribution in [1.82, 2.24) is 15.1 Å². The van der Waals surface area contributed by atoms with E-state index in [-0.39, 0.29) is 24.5 Å². The Morgan fingerprint density at radius 1 is 1.22 bits per heavy atom. The summed E-state index contributed by atoms with van der Waals surface area (Å²) < 4.78 is 4.93. The highest BCUT2D eigenvalue weighted by Gasteiger charge is 2.30. The Hall–Kier alpha value is -1.18. The predicted octanol–water partition coefficient (Wildman–Crippen LogP) is -0.448. The summed E-state index contributed by atoms with van der Waals surface area (Å²) in [6, 6.07) is -0.407. The van der Waals surface area contributed by atoms with Gasteiger partial charge in [0.15, 0.2) is 0 Å². The summed E-state index contributed by atoms with van der Waals surface area (Å²) in [7, 11) is 1.54. The summed E-state index contributed by atoms with van der Waals surface area (Å²) in [5.74, 6) is 0.0299. The largest absolute Gasteiger partial charge is 0.383 e. The van der Waals surface area contributed by atoms with Gasteiger partial charge in [-0.2, -0.15) is 0 Å². The van der Waals surface area contributed by atoms with Crippen LogP contribution >= 0.6 is 0 Å². The second-order valence-corrected chi connectivity index (χ2v) is 6.59. The molecule has 2 amide bonds. The van der Waals surface area contributed by atoms with Crippen molar-refractivity contribution in [3.63, 3.8) is 0 Å². The monoisotopic (exact) mass is 326 g/mol. The minimum atomic E-state index is -0.602. The Balaban J connectivity index is 1.76. The van der Waals surface area contributed by atoms with E-state index in [0.717, 1.165) is 12.8 Å². The molecule has 3 N–H and O–H groups in total. The van der Waals surface area contributed by atoms with Crippen LogP contribution in [0.2, 0.25) is 0 Å². The first kappa shape index (κ1) is 18.2. The number of rotatable bonds is 6. The van der Waals surface area contributed by atoms with E-state index in [2.05, 4.69) is 10.2 Å². The van der Waals surface area contributed by atoms with E-state index in [1.807, 2.05) is 6.92 Å². The van der Waals surface area contributed by atoms with Gasteiger partial charge in [0.2, 0.25) is 11.8 Å². The number of nitrogens with two attached hydrogens (primary N) is 1. The lowest BCUT2D eigenvalue weighted by Gasteiger charge is -2.38. The van der Waals surface area contributed by atoms with Crippen molar-refractivity contribution in [3.05, 3.63) is 0 Å². The van der Waals surface area contributed by atoms with Crippen LogP contribution in [0.5, 0.6) is 0 Å². The van der Waals surface area contributed by atoms with Crippen LogP contribution in [0.25, 0.3) is 0 Å². The Morgan fingerprint density at radius 2 is 1.83 bits per heavy atom. The molecule has 2 aliphatic rings. The normalized spacial score (nSPS) is 22.8. The Kier molecular flexibility index (Phi) is 6.80. The maximum Gasteiger partial charge on any atom is 0.241 e. The Bertz CT molecular complexity index is 404. The van der Waals surface area contributed by atoms with E-state index in [9.17, 15) is 9.59 Å². The van der Waals surface area contributed by atoms with E-state index < -0.39 is 6.04 Å². The molecule has 7 heteroatoms. The van der Waals surface area contributed by atoms with Gasteiger partial charge in [0.25, 0.3) is 0 Å². The smallest absolute Gasteiger partial charge is 0.241 e. The Labute approximate surface area is 138 Å². The molecule has 7 nitrogen and oxygen atoms in total. The zero-order valence-corrected chi connectivity index (χ0v) is 14.3. The van der Waals surface area contributed by atoms with Gasteiger partial charge in [-0.25, -0.2) is 0 Å². The molecular weight excluding hydrogens is 296 g/mol. The summed E-state index contributed by atoms with van der Waals surface area (Å²) in [6.45, 7) is 4.79. The molecule has 0 bridgehead atoms. The van der Waals surface area contributed by atoms with Gasteiger partial charge >= 0.3 is 0 Å². The summed E-state index contributed by atoms with van der Waals surface area (Å²) in [6.07, 6.45) is 4.61. The number of amides is 2. The molecule has 2 fully saturated rings. The minimum absolute atomic E-state index is 0.0745. The van der Waals surface area contributed by atoms with Gasteiger partial charge in [-0.15, -0.1) is 0 Å². The maximum atomic E-state index is 12.3. The molecule has 1 heterocycles. The molecule has 1 aliphatic heterocycles. The van der Waals surface area contributed by atoms with E-state index in [0.29, 0.717) is 32.2 Å². The molecule has 132 valence electrons. The van der Waals surface area contributed by atoms with Crippen LogP contribution < -0.4 is 11.1 Å². The lowest BCUT2D eigenvalue weighted by molar-refractivity contribution is -0.136. The molecule has 0 spiro atoms. The number of nitrogens with one attached hydrogen (secondary N) is 1. The first-order chi connectivity index (χ1) is 11.0. The van der Waals surface area contributed by atoms with E-state index in [1.165, 1.54) is 20.0 Å². The van der Waals surface area contributed by atoms with E-state index in [1.54, 1.807) is 4.90 Å². The van der Waals surface area contributed by atoms with Gasteiger partial charge in [-0.05, 0) is 19.8 Å². The highest BCUT2D eigenvalue weighted by atomic mass is 16.5. The standard InChI is InChI=1S/C16H30N4O3/c1-12(15(21)18-13-5-3-4-6-13)19-7-9-20(10-8-19)16(22)14(17)11-23-2/h12-14H,3-11,17H2,1-2H3,(H,18,21). The fourth-order valence-corrected chi connectivity index (χ4v) is 3.37. The summed E-state index contributed by atoms with van der Waals surface area (Å²) in [5.41, 5.74) is 5.80. The number of methoxy groups -OCH3 is 1. The van der Waals surface area contributed by atoms with Crippen LogP contribution in [0.3, 0.4) is 0 Å². The van der Waals surface area contributed by atoms with Crippen LogP contribution in [-0.4, -0.2) is 79.6 Å². The number of hydrogen-bond donors (Lipinski definition) is 2. The number of ether oxygens (including phenoxy) is 1. The molecular formula is C16H30N4O3. The lowest BCUT2D eigenvalue weighted by Crippen LogP contribution is -2.58. The molecule has 2 atom stereocenters. The second-order valence-electron chi connectivity index (χ2n) is 6.59. The van der Waals surface area contributed by atoms with Crippen LogP contribution in [-0.2, 0) is 14.3 Å². The molecule has 0 aromatic carbocycles. The predicted molar refractivity (Wildman–Crippen MR) is 87.9 cm³/mol. The van der Waals surface area contributed by atoms with Crippen molar-refractivity contribution in [3.8, 4) is 0 Å².